The molecule has 0 radical (unpaired) electrons. The minimum atomic E-state index is -0.519. The third-order valence-electron chi connectivity index (χ3n) is 3.37. The third kappa shape index (κ3) is 4.31. The normalized spacial score (nSPS) is 17.3. The summed E-state index contributed by atoms with van der Waals surface area (Å²) in [5.74, 6) is -0.270. The van der Waals surface area contributed by atoms with Gasteiger partial charge < -0.3 is 9.64 Å². The number of nitrogens with zero attached hydrogens (tertiary/aromatic N) is 1. The fraction of sp³-hybridized carbons (Fsp3) is 0.857. The van der Waals surface area contributed by atoms with E-state index in [0.29, 0.717) is 0 Å². The maximum atomic E-state index is 11.7. The van der Waals surface area contributed by atoms with Crippen LogP contribution in [0.25, 0.3) is 0 Å². The molecule has 0 spiro atoms. The van der Waals surface area contributed by atoms with Gasteiger partial charge in [-0.15, -0.1) is 0 Å². The lowest BCUT2D eigenvalue weighted by Gasteiger charge is -2.33. The molecule has 0 saturated heterocycles. The quantitative estimate of drug-likeness (QED) is 0.575. The average Bonchev–Trinajstić information content (AvgIpc) is 2.28. The number of carbonyl (C=O) groups excluding carboxylic acids is 2. The lowest BCUT2D eigenvalue weighted by molar-refractivity contribution is -0.162. The molecule has 4 heteroatoms. The van der Waals surface area contributed by atoms with Crippen molar-refractivity contribution in [2.45, 2.75) is 65.8 Å². The smallest absolute Gasteiger partial charge is 0.312 e. The van der Waals surface area contributed by atoms with E-state index in [1.807, 2.05) is 20.8 Å². The van der Waals surface area contributed by atoms with E-state index < -0.39 is 5.41 Å². The van der Waals surface area contributed by atoms with Crippen LogP contribution in [-0.2, 0) is 14.3 Å². The highest BCUT2D eigenvalue weighted by Crippen LogP contribution is 2.23. The molecule has 1 aliphatic carbocycles. The first-order valence-corrected chi connectivity index (χ1v) is 6.77. The van der Waals surface area contributed by atoms with E-state index in [1.54, 1.807) is 11.8 Å². The molecule has 0 aliphatic heterocycles. The van der Waals surface area contributed by atoms with Gasteiger partial charge in [-0.05, 0) is 33.6 Å². The molecule has 0 bridgehead atoms. The summed E-state index contributed by atoms with van der Waals surface area (Å²) in [6.45, 7) is 7.08. The van der Waals surface area contributed by atoms with Gasteiger partial charge in [-0.25, -0.2) is 0 Å². The second kappa shape index (κ2) is 6.21. The summed E-state index contributed by atoms with van der Waals surface area (Å²) in [6, 6.07) is 0.240. The van der Waals surface area contributed by atoms with Crippen molar-refractivity contribution >= 4 is 11.9 Å². The van der Waals surface area contributed by atoms with Crippen LogP contribution in [0.5, 0.6) is 0 Å². The standard InChI is InChI=1S/C14H25NO3/c1-11(16)15(12-8-6-5-7-9-12)10-18-13(17)14(2,3)4/h12H,5-10H2,1-4H3. The van der Waals surface area contributed by atoms with Crippen molar-refractivity contribution in [1.82, 2.24) is 4.90 Å². The summed E-state index contributed by atoms with van der Waals surface area (Å²) in [4.78, 5) is 25.1. The average molecular weight is 255 g/mol. The second-order valence-corrected chi connectivity index (χ2v) is 6.09. The molecule has 0 N–H and O–H groups in total. The van der Waals surface area contributed by atoms with Crippen LogP contribution in [0.15, 0.2) is 0 Å². The fourth-order valence-electron chi connectivity index (χ4n) is 2.19. The van der Waals surface area contributed by atoms with Crippen LogP contribution in [0.1, 0.15) is 59.8 Å². The van der Waals surface area contributed by atoms with Gasteiger partial charge in [0.15, 0.2) is 6.73 Å². The molecule has 4 nitrogen and oxygen atoms in total. The zero-order valence-electron chi connectivity index (χ0n) is 12.0. The number of carbonyl (C=O) groups is 2. The molecule has 1 aliphatic rings. The molecule has 1 fully saturated rings. The SMILES string of the molecule is CC(=O)N(COC(=O)C(C)(C)C)C1CCCCC1. The Morgan fingerprint density at radius 1 is 1.17 bits per heavy atom. The number of ether oxygens (including phenoxy) is 1. The van der Waals surface area contributed by atoms with Crippen molar-refractivity contribution in [3.63, 3.8) is 0 Å². The monoisotopic (exact) mass is 255 g/mol. The van der Waals surface area contributed by atoms with Crippen molar-refractivity contribution in [2.24, 2.45) is 5.41 Å². The zero-order chi connectivity index (χ0) is 13.8. The van der Waals surface area contributed by atoms with E-state index in [4.69, 9.17) is 4.74 Å². The van der Waals surface area contributed by atoms with E-state index in [1.165, 1.54) is 6.42 Å². The molecule has 1 saturated carbocycles. The molecule has 0 atom stereocenters. The molecule has 1 rings (SSSR count). The van der Waals surface area contributed by atoms with E-state index in [9.17, 15) is 9.59 Å². The number of amides is 1. The molecular formula is C14H25NO3. The Hall–Kier alpha value is -1.06. The van der Waals surface area contributed by atoms with Gasteiger partial charge >= 0.3 is 5.97 Å². The van der Waals surface area contributed by atoms with Gasteiger partial charge in [0.05, 0.1) is 5.41 Å². The number of hydrogen-bond donors (Lipinski definition) is 0. The van der Waals surface area contributed by atoms with Crippen molar-refractivity contribution < 1.29 is 14.3 Å². The van der Waals surface area contributed by atoms with E-state index >= 15 is 0 Å². The minimum Gasteiger partial charge on any atom is -0.444 e. The van der Waals surface area contributed by atoms with Gasteiger partial charge in [0, 0.05) is 13.0 Å². The summed E-state index contributed by atoms with van der Waals surface area (Å²) < 4.78 is 5.25. The van der Waals surface area contributed by atoms with Crippen LogP contribution < -0.4 is 0 Å². The van der Waals surface area contributed by atoms with Gasteiger partial charge in [-0.1, -0.05) is 19.3 Å². The Balaban J connectivity index is 2.53. The molecule has 0 aromatic heterocycles. The molecule has 1 amide bonds. The summed E-state index contributed by atoms with van der Waals surface area (Å²) in [6.07, 6.45) is 5.59. The van der Waals surface area contributed by atoms with Crippen LogP contribution in [0.4, 0.5) is 0 Å². The molecule has 0 unspecified atom stereocenters. The Labute approximate surface area is 110 Å². The lowest BCUT2D eigenvalue weighted by atomic mass is 9.94. The number of rotatable bonds is 3. The summed E-state index contributed by atoms with van der Waals surface area (Å²) >= 11 is 0. The fourth-order valence-corrected chi connectivity index (χ4v) is 2.19. The molecule has 18 heavy (non-hydrogen) atoms. The van der Waals surface area contributed by atoms with Gasteiger partial charge in [0.2, 0.25) is 5.91 Å². The predicted octanol–water partition coefficient (Wildman–Crippen LogP) is 2.71. The van der Waals surface area contributed by atoms with Gasteiger partial charge in [0.1, 0.15) is 0 Å². The lowest BCUT2D eigenvalue weighted by Crippen LogP contribution is -2.43. The highest BCUT2D eigenvalue weighted by molar-refractivity contribution is 5.76. The van der Waals surface area contributed by atoms with Crippen LogP contribution in [0.2, 0.25) is 0 Å². The highest BCUT2D eigenvalue weighted by atomic mass is 16.5. The molecule has 104 valence electrons. The molecule has 0 aromatic carbocycles. The number of esters is 1. The molecule has 0 aromatic rings. The Morgan fingerprint density at radius 3 is 2.17 bits per heavy atom. The summed E-state index contributed by atoms with van der Waals surface area (Å²) in [7, 11) is 0. The zero-order valence-corrected chi connectivity index (χ0v) is 12.0. The van der Waals surface area contributed by atoms with Crippen LogP contribution >= 0.6 is 0 Å². The predicted molar refractivity (Wildman–Crippen MR) is 69.8 cm³/mol. The van der Waals surface area contributed by atoms with Crippen molar-refractivity contribution in [1.29, 1.82) is 0 Å². The number of hydrogen-bond acceptors (Lipinski definition) is 3. The van der Waals surface area contributed by atoms with Crippen LogP contribution in [0, 0.1) is 5.41 Å². The topological polar surface area (TPSA) is 46.6 Å². The first-order chi connectivity index (χ1) is 8.32. The summed E-state index contributed by atoms with van der Waals surface area (Å²) in [5.41, 5.74) is -0.519. The minimum absolute atomic E-state index is 0.0105. The highest BCUT2D eigenvalue weighted by Gasteiger charge is 2.27. The van der Waals surface area contributed by atoms with E-state index in [0.717, 1.165) is 25.7 Å². The van der Waals surface area contributed by atoms with Gasteiger partial charge in [-0.2, -0.15) is 0 Å². The first-order valence-electron chi connectivity index (χ1n) is 6.77. The summed E-state index contributed by atoms with van der Waals surface area (Å²) in [5, 5.41) is 0. The van der Waals surface area contributed by atoms with Crippen LogP contribution in [0.3, 0.4) is 0 Å². The third-order valence-corrected chi connectivity index (χ3v) is 3.37. The van der Waals surface area contributed by atoms with Crippen molar-refractivity contribution in [3.8, 4) is 0 Å². The Morgan fingerprint density at radius 2 is 1.72 bits per heavy atom. The van der Waals surface area contributed by atoms with E-state index in [-0.39, 0.29) is 24.6 Å². The largest absolute Gasteiger partial charge is 0.444 e. The van der Waals surface area contributed by atoms with Gasteiger partial charge in [-0.3, -0.25) is 9.59 Å². The Kier molecular flexibility index (Phi) is 5.17. The Bertz CT molecular complexity index is 301. The van der Waals surface area contributed by atoms with Gasteiger partial charge in [0.25, 0.3) is 0 Å². The first kappa shape index (κ1) is 15.0. The maximum Gasteiger partial charge on any atom is 0.312 e. The molecular weight excluding hydrogens is 230 g/mol. The maximum absolute atomic E-state index is 11.7. The van der Waals surface area contributed by atoms with Crippen molar-refractivity contribution in [2.75, 3.05) is 6.73 Å². The molecule has 0 heterocycles. The van der Waals surface area contributed by atoms with Crippen molar-refractivity contribution in [3.05, 3.63) is 0 Å². The van der Waals surface area contributed by atoms with Crippen LogP contribution in [-0.4, -0.2) is 29.5 Å². The second-order valence-electron chi connectivity index (χ2n) is 6.09. The van der Waals surface area contributed by atoms with E-state index in [2.05, 4.69) is 0 Å².